The number of carbonyl (C=O) groups is 2. The van der Waals surface area contributed by atoms with Gasteiger partial charge < -0.3 is 21.3 Å². The molecule has 0 bridgehead atoms. The van der Waals surface area contributed by atoms with Gasteiger partial charge in [-0.3, -0.25) is 4.79 Å². The Labute approximate surface area is 94.8 Å². The lowest BCUT2D eigenvalue weighted by atomic mass is 9.86. The van der Waals surface area contributed by atoms with Crippen LogP contribution >= 0.6 is 0 Å². The zero-order valence-electron chi connectivity index (χ0n) is 9.91. The van der Waals surface area contributed by atoms with Crippen LogP contribution in [0.5, 0.6) is 0 Å². The zero-order chi connectivity index (χ0) is 13.0. The van der Waals surface area contributed by atoms with E-state index in [0.717, 1.165) is 6.92 Å². The van der Waals surface area contributed by atoms with Crippen molar-refractivity contribution in [1.29, 1.82) is 0 Å². The number of aliphatic carboxylic acids is 1. The van der Waals surface area contributed by atoms with Crippen molar-refractivity contribution in [2.45, 2.75) is 32.8 Å². The van der Waals surface area contributed by atoms with E-state index in [-0.39, 0.29) is 19.0 Å². The minimum Gasteiger partial charge on any atom is -0.479 e. The quantitative estimate of drug-likeness (QED) is 0.484. The van der Waals surface area contributed by atoms with Crippen LogP contribution in [0.25, 0.3) is 0 Å². The highest BCUT2D eigenvalue weighted by Gasteiger charge is 2.34. The Balaban J connectivity index is 4.43. The van der Waals surface area contributed by atoms with Crippen molar-refractivity contribution in [3.05, 3.63) is 0 Å². The summed E-state index contributed by atoms with van der Waals surface area (Å²) < 4.78 is 0. The van der Waals surface area contributed by atoms with E-state index in [0.29, 0.717) is 6.42 Å². The summed E-state index contributed by atoms with van der Waals surface area (Å²) in [5.41, 5.74) is 2.79. The molecule has 5 N–H and O–H groups in total. The average molecular weight is 232 g/mol. The van der Waals surface area contributed by atoms with Gasteiger partial charge in [0.1, 0.15) is 0 Å². The summed E-state index contributed by atoms with van der Waals surface area (Å²) >= 11 is 0. The summed E-state index contributed by atoms with van der Waals surface area (Å²) in [5.74, 6) is -1.72. The highest BCUT2D eigenvalue weighted by molar-refractivity contribution is 5.84. The lowest BCUT2D eigenvalue weighted by Crippen LogP contribution is -2.51. The van der Waals surface area contributed by atoms with Crippen LogP contribution in [0.2, 0.25) is 0 Å². The number of carboxylic acid groups (broad SMARTS) is 1. The molecule has 0 aliphatic carbocycles. The van der Waals surface area contributed by atoms with E-state index < -0.39 is 17.0 Å². The third-order valence-electron chi connectivity index (χ3n) is 2.83. The van der Waals surface area contributed by atoms with Crippen LogP contribution < -0.4 is 11.1 Å². The Morgan fingerprint density at radius 1 is 1.38 bits per heavy atom. The van der Waals surface area contributed by atoms with E-state index in [4.69, 9.17) is 10.8 Å². The molecule has 0 heterocycles. The Morgan fingerprint density at radius 2 is 1.88 bits per heavy atom. The Kier molecular flexibility index (Phi) is 4.89. The molecule has 94 valence electrons. The molecule has 0 saturated carbocycles. The number of nitrogens with two attached hydrogens (primary N) is 1. The molecule has 0 aromatic carbocycles. The van der Waals surface area contributed by atoms with Crippen molar-refractivity contribution in [1.82, 2.24) is 5.32 Å². The van der Waals surface area contributed by atoms with Gasteiger partial charge in [-0.15, -0.1) is 0 Å². The van der Waals surface area contributed by atoms with Crippen LogP contribution in [0.15, 0.2) is 0 Å². The average Bonchev–Trinajstić information content (AvgIpc) is 2.24. The number of hydrogen-bond donors (Lipinski definition) is 4. The molecule has 1 amide bonds. The first-order valence-electron chi connectivity index (χ1n) is 5.14. The van der Waals surface area contributed by atoms with Crippen molar-refractivity contribution < 1.29 is 19.8 Å². The van der Waals surface area contributed by atoms with Gasteiger partial charge in [0.2, 0.25) is 5.91 Å². The van der Waals surface area contributed by atoms with Crippen molar-refractivity contribution in [3.8, 4) is 0 Å². The molecule has 16 heavy (non-hydrogen) atoms. The maximum atomic E-state index is 11.7. The van der Waals surface area contributed by atoms with Crippen molar-refractivity contribution in [2.75, 3.05) is 13.1 Å². The summed E-state index contributed by atoms with van der Waals surface area (Å²) in [7, 11) is 0. The van der Waals surface area contributed by atoms with E-state index in [1.165, 1.54) is 0 Å². The lowest BCUT2D eigenvalue weighted by molar-refractivity contribution is -0.156. The predicted octanol–water partition coefficient (Wildman–Crippen LogP) is -0.687. The van der Waals surface area contributed by atoms with Crippen molar-refractivity contribution >= 4 is 11.9 Å². The van der Waals surface area contributed by atoms with Crippen molar-refractivity contribution in [2.24, 2.45) is 11.1 Å². The fraction of sp³-hybridized carbons (Fsp3) is 0.800. The number of nitrogens with one attached hydrogen (secondary N) is 1. The monoisotopic (exact) mass is 232 g/mol. The smallest absolute Gasteiger partial charge is 0.337 e. The lowest BCUT2D eigenvalue weighted by Gasteiger charge is -2.27. The second-order valence-corrected chi connectivity index (χ2v) is 4.38. The number of carbonyl (C=O) groups excluding carboxylic acids is 1. The van der Waals surface area contributed by atoms with Gasteiger partial charge in [0.25, 0.3) is 0 Å². The number of amides is 1. The first-order chi connectivity index (χ1) is 7.19. The molecular formula is C10H20N2O4. The summed E-state index contributed by atoms with van der Waals surface area (Å²) in [4.78, 5) is 22.3. The summed E-state index contributed by atoms with van der Waals surface area (Å²) in [5, 5.41) is 20.4. The summed E-state index contributed by atoms with van der Waals surface area (Å²) in [6, 6.07) is 0. The summed E-state index contributed by atoms with van der Waals surface area (Å²) in [6.45, 7) is 4.47. The largest absolute Gasteiger partial charge is 0.479 e. The minimum absolute atomic E-state index is 0.171. The van der Waals surface area contributed by atoms with Crippen molar-refractivity contribution in [3.63, 3.8) is 0 Å². The van der Waals surface area contributed by atoms with Gasteiger partial charge in [-0.1, -0.05) is 6.92 Å². The van der Waals surface area contributed by atoms with Gasteiger partial charge >= 0.3 is 5.97 Å². The van der Waals surface area contributed by atoms with E-state index in [2.05, 4.69) is 5.32 Å². The molecule has 6 nitrogen and oxygen atoms in total. The first-order valence-corrected chi connectivity index (χ1v) is 5.14. The van der Waals surface area contributed by atoms with Crippen LogP contribution in [0.4, 0.5) is 0 Å². The minimum atomic E-state index is -1.96. The standard InChI is InChI=1S/C10H20N2O4/c1-4-9(2,5-11)7(13)12-6-10(3,16)8(14)15/h16H,4-6,11H2,1-3H3,(H,12,13)(H,14,15). The fourth-order valence-corrected chi connectivity index (χ4v) is 0.939. The SMILES string of the molecule is CCC(C)(CN)C(=O)NCC(C)(O)C(=O)O. The number of carboxylic acids is 1. The molecule has 0 radical (unpaired) electrons. The number of aliphatic hydroxyl groups is 1. The Morgan fingerprint density at radius 3 is 2.19 bits per heavy atom. The number of hydrogen-bond acceptors (Lipinski definition) is 4. The molecule has 6 heteroatoms. The third kappa shape index (κ3) is 3.46. The van der Waals surface area contributed by atoms with Crippen LogP contribution in [0.1, 0.15) is 27.2 Å². The van der Waals surface area contributed by atoms with E-state index in [1.54, 1.807) is 6.92 Å². The molecule has 0 fully saturated rings. The van der Waals surface area contributed by atoms with E-state index in [9.17, 15) is 14.7 Å². The Hall–Kier alpha value is -1.14. The molecule has 0 rings (SSSR count). The highest BCUT2D eigenvalue weighted by Crippen LogP contribution is 2.19. The van der Waals surface area contributed by atoms with Gasteiger partial charge in [0.15, 0.2) is 5.60 Å². The zero-order valence-corrected chi connectivity index (χ0v) is 9.91. The molecule has 2 unspecified atom stereocenters. The van der Waals surface area contributed by atoms with Gasteiger partial charge in [0, 0.05) is 6.54 Å². The normalized spacial score (nSPS) is 18.3. The molecule has 0 aromatic heterocycles. The molecule has 0 aromatic rings. The topological polar surface area (TPSA) is 113 Å². The van der Waals surface area contributed by atoms with Gasteiger partial charge in [-0.05, 0) is 20.3 Å². The molecule has 2 atom stereocenters. The molecule has 0 aliphatic rings. The maximum absolute atomic E-state index is 11.7. The first kappa shape index (κ1) is 14.9. The number of rotatable bonds is 6. The third-order valence-corrected chi connectivity index (χ3v) is 2.83. The van der Waals surface area contributed by atoms with Crippen LogP contribution in [-0.4, -0.2) is 40.8 Å². The van der Waals surface area contributed by atoms with E-state index >= 15 is 0 Å². The second kappa shape index (κ2) is 5.27. The van der Waals surface area contributed by atoms with Gasteiger partial charge in [0.05, 0.1) is 12.0 Å². The van der Waals surface area contributed by atoms with Crippen LogP contribution in [-0.2, 0) is 9.59 Å². The summed E-state index contributed by atoms with van der Waals surface area (Å²) in [6.07, 6.45) is 0.546. The second-order valence-electron chi connectivity index (χ2n) is 4.38. The van der Waals surface area contributed by atoms with Crippen LogP contribution in [0, 0.1) is 5.41 Å². The predicted molar refractivity (Wildman–Crippen MR) is 58.7 cm³/mol. The van der Waals surface area contributed by atoms with E-state index in [1.807, 2.05) is 6.92 Å². The molecule has 0 saturated heterocycles. The van der Waals surface area contributed by atoms with Gasteiger partial charge in [-0.25, -0.2) is 4.79 Å². The fourth-order valence-electron chi connectivity index (χ4n) is 0.939. The molecular weight excluding hydrogens is 212 g/mol. The highest BCUT2D eigenvalue weighted by atomic mass is 16.4. The van der Waals surface area contributed by atoms with Crippen LogP contribution in [0.3, 0.4) is 0 Å². The van der Waals surface area contributed by atoms with Gasteiger partial charge in [-0.2, -0.15) is 0 Å². The maximum Gasteiger partial charge on any atom is 0.337 e. The molecule has 0 aliphatic heterocycles. The Bertz CT molecular complexity index is 272. The molecule has 0 spiro atoms.